The zero-order valence-corrected chi connectivity index (χ0v) is 8.14. The molecule has 1 atom stereocenters. The monoisotopic (exact) mass is 175 g/mol. The molecule has 1 aromatic rings. The van der Waals surface area contributed by atoms with E-state index in [1.54, 1.807) is 0 Å². The van der Waals surface area contributed by atoms with Crippen LogP contribution in [-0.4, -0.2) is 30.6 Å². The van der Waals surface area contributed by atoms with Crippen LogP contribution in [-0.2, 0) is 0 Å². The number of rotatable bonds is 1. The highest BCUT2D eigenvalue weighted by Gasteiger charge is 2.26. The first-order chi connectivity index (χ1) is 6.27. The van der Waals surface area contributed by atoms with Gasteiger partial charge in [0.1, 0.15) is 0 Å². The minimum Gasteiger partial charge on any atom is -0.287 e. The van der Waals surface area contributed by atoms with Gasteiger partial charge in [0.2, 0.25) is 0 Å². The molecule has 0 N–H and O–H groups in total. The van der Waals surface area contributed by atoms with E-state index in [2.05, 4.69) is 60.8 Å². The van der Waals surface area contributed by atoms with Crippen molar-refractivity contribution in [3.8, 4) is 0 Å². The topological polar surface area (TPSA) is 6.48 Å². The fraction of sp³-hybridized carbons (Fsp3) is 0.364. The Balaban J connectivity index is 2.18. The number of benzene rings is 1. The zero-order chi connectivity index (χ0) is 9.26. The number of nitrogens with zero attached hydrogens (tertiary/aromatic N) is 2. The third-order valence-corrected chi connectivity index (χ3v) is 2.46. The van der Waals surface area contributed by atoms with E-state index in [1.807, 2.05) is 0 Å². The fourth-order valence-corrected chi connectivity index (χ4v) is 1.83. The highest BCUT2D eigenvalue weighted by molar-refractivity contribution is 5.22. The van der Waals surface area contributed by atoms with Crippen molar-refractivity contribution in [2.75, 3.05) is 20.8 Å². The number of hydrogen-bond donors (Lipinski definition) is 0. The van der Waals surface area contributed by atoms with Crippen LogP contribution < -0.4 is 0 Å². The quantitative estimate of drug-likeness (QED) is 0.641. The first-order valence-electron chi connectivity index (χ1n) is 4.58. The van der Waals surface area contributed by atoms with E-state index < -0.39 is 0 Å². The maximum atomic E-state index is 2.33. The van der Waals surface area contributed by atoms with Crippen molar-refractivity contribution in [2.24, 2.45) is 0 Å². The summed E-state index contributed by atoms with van der Waals surface area (Å²) in [6.45, 7) is 3.27. The van der Waals surface area contributed by atoms with Crippen LogP contribution in [0.25, 0.3) is 0 Å². The maximum absolute atomic E-state index is 2.33. The van der Waals surface area contributed by atoms with Crippen molar-refractivity contribution in [3.05, 3.63) is 42.4 Å². The van der Waals surface area contributed by atoms with Crippen LogP contribution >= 0.6 is 0 Å². The van der Waals surface area contributed by atoms with E-state index in [1.165, 1.54) is 5.56 Å². The van der Waals surface area contributed by atoms with Crippen LogP contribution in [0.1, 0.15) is 11.6 Å². The molecule has 2 heteroatoms. The second-order valence-electron chi connectivity index (χ2n) is 3.66. The summed E-state index contributed by atoms with van der Waals surface area (Å²) in [6.07, 6.45) is 0. The predicted molar refractivity (Wildman–Crippen MR) is 53.9 cm³/mol. The lowest BCUT2D eigenvalue weighted by Crippen LogP contribution is -2.19. The Hall–Kier alpha value is -0.860. The van der Waals surface area contributed by atoms with Crippen molar-refractivity contribution in [2.45, 2.75) is 6.04 Å². The molecule has 1 aromatic carbocycles. The summed E-state index contributed by atoms with van der Waals surface area (Å²) in [6, 6.07) is 11.0. The average molecular weight is 175 g/mol. The van der Waals surface area contributed by atoms with E-state index in [4.69, 9.17) is 0 Å². The third-order valence-electron chi connectivity index (χ3n) is 2.46. The Kier molecular flexibility index (Phi) is 2.34. The molecule has 13 heavy (non-hydrogen) atoms. The number of hydrogen-bond acceptors (Lipinski definition) is 2. The Bertz CT molecular complexity index is 271. The summed E-state index contributed by atoms with van der Waals surface area (Å²) in [5, 5.41) is 0. The van der Waals surface area contributed by atoms with E-state index in [0.29, 0.717) is 6.04 Å². The summed E-state index contributed by atoms with van der Waals surface area (Å²) in [4.78, 5) is 4.55. The minimum atomic E-state index is 0.450. The average Bonchev–Trinajstić information content (AvgIpc) is 2.47. The van der Waals surface area contributed by atoms with E-state index in [0.717, 1.165) is 6.67 Å². The van der Waals surface area contributed by atoms with Crippen molar-refractivity contribution >= 4 is 0 Å². The maximum Gasteiger partial charge on any atom is 0.0529 e. The largest absolute Gasteiger partial charge is 0.287 e. The van der Waals surface area contributed by atoms with Crippen LogP contribution in [0.15, 0.2) is 30.3 Å². The molecule has 1 unspecified atom stereocenters. The lowest BCUT2D eigenvalue weighted by molar-refractivity contribution is 0.288. The Morgan fingerprint density at radius 1 is 1.15 bits per heavy atom. The summed E-state index contributed by atoms with van der Waals surface area (Å²) in [5.74, 6) is 0. The Morgan fingerprint density at radius 2 is 1.85 bits per heavy atom. The Morgan fingerprint density at radius 3 is 2.38 bits per heavy atom. The summed E-state index contributed by atoms with van der Waals surface area (Å²) in [7, 11) is 4.26. The van der Waals surface area contributed by atoms with Crippen molar-refractivity contribution in [1.29, 1.82) is 0 Å². The first-order valence-corrected chi connectivity index (χ1v) is 4.58. The van der Waals surface area contributed by atoms with Gasteiger partial charge in [-0.25, -0.2) is 0 Å². The molecule has 1 saturated heterocycles. The van der Waals surface area contributed by atoms with Gasteiger partial charge in [0.15, 0.2) is 0 Å². The summed E-state index contributed by atoms with van der Waals surface area (Å²) < 4.78 is 0. The van der Waals surface area contributed by atoms with Crippen molar-refractivity contribution < 1.29 is 0 Å². The SMILES string of the molecule is CN1[CH]C(c2ccccc2)N(C)C1. The molecular weight excluding hydrogens is 160 g/mol. The van der Waals surface area contributed by atoms with E-state index >= 15 is 0 Å². The van der Waals surface area contributed by atoms with Crippen LogP contribution in [0.2, 0.25) is 0 Å². The summed E-state index contributed by atoms with van der Waals surface area (Å²) >= 11 is 0. The molecule has 1 radical (unpaired) electrons. The molecule has 1 fully saturated rings. The lowest BCUT2D eigenvalue weighted by atomic mass is 10.1. The van der Waals surface area contributed by atoms with Gasteiger partial charge in [-0.2, -0.15) is 0 Å². The van der Waals surface area contributed by atoms with E-state index in [-0.39, 0.29) is 0 Å². The molecule has 0 amide bonds. The smallest absolute Gasteiger partial charge is 0.0529 e. The van der Waals surface area contributed by atoms with Crippen LogP contribution in [0, 0.1) is 6.54 Å². The standard InChI is InChI=1S/C11H15N2/c1-12-8-11(13(2)9-12)10-6-4-3-5-7-10/h3-8,11H,9H2,1-2H3. The van der Waals surface area contributed by atoms with Gasteiger partial charge < -0.3 is 0 Å². The molecule has 0 spiro atoms. The van der Waals surface area contributed by atoms with Gasteiger partial charge in [-0.3, -0.25) is 9.80 Å². The second-order valence-corrected chi connectivity index (χ2v) is 3.66. The molecule has 1 aliphatic rings. The van der Waals surface area contributed by atoms with Gasteiger partial charge >= 0.3 is 0 Å². The fourth-order valence-electron chi connectivity index (χ4n) is 1.83. The van der Waals surface area contributed by atoms with Gasteiger partial charge in [0.05, 0.1) is 12.7 Å². The van der Waals surface area contributed by atoms with Gasteiger partial charge in [0.25, 0.3) is 0 Å². The first kappa shape index (κ1) is 8.73. The van der Waals surface area contributed by atoms with Crippen LogP contribution in [0.4, 0.5) is 0 Å². The molecular formula is C11H15N2. The van der Waals surface area contributed by atoms with Gasteiger partial charge in [-0.05, 0) is 19.7 Å². The van der Waals surface area contributed by atoms with E-state index in [9.17, 15) is 0 Å². The molecule has 0 saturated carbocycles. The molecule has 1 heterocycles. The highest BCUT2D eigenvalue weighted by Crippen LogP contribution is 2.28. The molecule has 0 aliphatic carbocycles. The molecule has 69 valence electrons. The predicted octanol–water partition coefficient (Wildman–Crippen LogP) is 1.72. The van der Waals surface area contributed by atoms with Crippen LogP contribution in [0.3, 0.4) is 0 Å². The molecule has 2 nitrogen and oxygen atoms in total. The normalized spacial score (nSPS) is 25.2. The second kappa shape index (κ2) is 3.48. The molecule has 0 aromatic heterocycles. The highest BCUT2D eigenvalue weighted by atomic mass is 15.4. The third kappa shape index (κ3) is 1.74. The van der Waals surface area contributed by atoms with Crippen molar-refractivity contribution in [1.82, 2.24) is 9.80 Å². The zero-order valence-electron chi connectivity index (χ0n) is 8.14. The summed E-state index contributed by atoms with van der Waals surface area (Å²) in [5.41, 5.74) is 1.37. The molecule has 0 bridgehead atoms. The van der Waals surface area contributed by atoms with Gasteiger partial charge in [-0.1, -0.05) is 30.3 Å². The minimum absolute atomic E-state index is 0.450. The van der Waals surface area contributed by atoms with Crippen LogP contribution in [0.5, 0.6) is 0 Å². The number of likely N-dealkylation sites (N-methyl/N-ethyl adjacent to an activating group) is 2. The lowest BCUT2D eigenvalue weighted by Gasteiger charge is -2.17. The Labute approximate surface area is 79.8 Å². The van der Waals surface area contributed by atoms with Gasteiger partial charge in [0, 0.05) is 6.54 Å². The molecule has 1 aliphatic heterocycles. The molecule has 2 rings (SSSR count). The van der Waals surface area contributed by atoms with Gasteiger partial charge in [-0.15, -0.1) is 0 Å². The van der Waals surface area contributed by atoms with Crippen molar-refractivity contribution in [3.63, 3.8) is 0 Å².